The molecule has 1 aliphatic rings. The summed E-state index contributed by atoms with van der Waals surface area (Å²) < 4.78 is 27.8. The second-order valence-electron chi connectivity index (χ2n) is 6.24. The van der Waals surface area contributed by atoms with Crippen molar-refractivity contribution in [1.82, 2.24) is 9.88 Å². The van der Waals surface area contributed by atoms with Crippen LogP contribution < -0.4 is 11.1 Å². The lowest BCUT2D eigenvalue weighted by Gasteiger charge is -2.28. The Morgan fingerprint density at radius 1 is 1.26 bits per heavy atom. The second-order valence-corrected chi connectivity index (χ2v) is 6.68. The zero-order valence-electron chi connectivity index (χ0n) is 14.5. The van der Waals surface area contributed by atoms with Crippen molar-refractivity contribution in [3.8, 4) is 0 Å². The van der Waals surface area contributed by atoms with Gasteiger partial charge in [0.1, 0.15) is 11.6 Å². The van der Waals surface area contributed by atoms with Gasteiger partial charge in [-0.3, -0.25) is 4.98 Å². The van der Waals surface area contributed by atoms with E-state index in [0.29, 0.717) is 43.9 Å². The summed E-state index contributed by atoms with van der Waals surface area (Å²) in [6.45, 7) is 1.21. The standard InChI is InChI=1S/C19H19ClF2N4O/c20-13-8-17(21)16(18(22)9-13)7-12-2-5-26(6-3-12)19(27)25-14-1-4-24-15(10-14)11-23/h1,4,7-10H,2-3,5-6,11,23H2,(H,24,25,27). The van der Waals surface area contributed by atoms with Gasteiger partial charge < -0.3 is 16.0 Å². The first-order valence-electron chi connectivity index (χ1n) is 8.51. The summed E-state index contributed by atoms with van der Waals surface area (Å²) in [5.74, 6) is -1.39. The van der Waals surface area contributed by atoms with Gasteiger partial charge in [0, 0.05) is 42.1 Å². The maximum absolute atomic E-state index is 13.9. The van der Waals surface area contributed by atoms with Crippen LogP contribution in [0.4, 0.5) is 19.3 Å². The Labute approximate surface area is 160 Å². The van der Waals surface area contributed by atoms with Crippen molar-refractivity contribution in [2.75, 3.05) is 18.4 Å². The van der Waals surface area contributed by atoms with E-state index in [2.05, 4.69) is 10.3 Å². The number of carbonyl (C=O) groups excluding carboxylic acids is 1. The molecule has 2 amide bonds. The lowest BCUT2D eigenvalue weighted by molar-refractivity contribution is 0.208. The predicted octanol–water partition coefficient (Wildman–Crippen LogP) is 4.18. The normalized spacial score (nSPS) is 14.2. The maximum atomic E-state index is 13.9. The number of nitrogens with two attached hydrogens (primary N) is 1. The Bertz CT molecular complexity index is 855. The van der Waals surface area contributed by atoms with Crippen LogP contribution in [0.1, 0.15) is 24.1 Å². The number of carbonyl (C=O) groups is 1. The summed E-state index contributed by atoms with van der Waals surface area (Å²) in [7, 11) is 0. The summed E-state index contributed by atoms with van der Waals surface area (Å²) in [5.41, 5.74) is 7.64. The van der Waals surface area contributed by atoms with Crippen molar-refractivity contribution in [1.29, 1.82) is 0 Å². The number of nitrogens with one attached hydrogen (secondary N) is 1. The Morgan fingerprint density at radius 2 is 1.93 bits per heavy atom. The minimum absolute atomic E-state index is 0.0209. The van der Waals surface area contributed by atoms with Gasteiger partial charge in [0.25, 0.3) is 0 Å². The molecular weight excluding hydrogens is 374 g/mol. The van der Waals surface area contributed by atoms with Crippen LogP contribution >= 0.6 is 11.6 Å². The fourth-order valence-corrected chi connectivity index (χ4v) is 3.10. The van der Waals surface area contributed by atoms with E-state index >= 15 is 0 Å². The fourth-order valence-electron chi connectivity index (χ4n) is 2.91. The molecule has 1 aliphatic heterocycles. The van der Waals surface area contributed by atoms with E-state index in [9.17, 15) is 13.6 Å². The molecule has 0 spiro atoms. The molecule has 0 radical (unpaired) electrons. The Hall–Kier alpha value is -2.51. The van der Waals surface area contributed by atoms with Crippen LogP contribution in [0, 0.1) is 11.6 Å². The van der Waals surface area contributed by atoms with E-state index in [1.54, 1.807) is 23.2 Å². The van der Waals surface area contributed by atoms with Gasteiger partial charge in [0.05, 0.1) is 5.69 Å². The van der Waals surface area contributed by atoms with E-state index < -0.39 is 11.6 Å². The summed E-state index contributed by atoms with van der Waals surface area (Å²) in [5, 5.41) is 2.83. The largest absolute Gasteiger partial charge is 0.325 e. The summed E-state index contributed by atoms with van der Waals surface area (Å²) >= 11 is 5.64. The summed E-state index contributed by atoms with van der Waals surface area (Å²) in [6.07, 6.45) is 4.18. The second kappa shape index (κ2) is 8.45. The van der Waals surface area contributed by atoms with E-state index in [0.717, 1.165) is 17.7 Å². The highest BCUT2D eigenvalue weighted by Crippen LogP contribution is 2.25. The molecule has 5 nitrogen and oxygen atoms in total. The average Bonchev–Trinajstić information content (AvgIpc) is 2.65. The van der Waals surface area contributed by atoms with Gasteiger partial charge in [0.15, 0.2) is 0 Å². The predicted molar refractivity (Wildman–Crippen MR) is 101 cm³/mol. The van der Waals surface area contributed by atoms with Gasteiger partial charge in [-0.25, -0.2) is 13.6 Å². The van der Waals surface area contributed by atoms with Crippen molar-refractivity contribution >= 4 is 29.4 Å². The molecule has 3 rings (SSSR count). The minimum atomic E-state index is -0.693. The molecule has 2 aromatic rings. The van der Waals surface area contributed by atoms with Crippen LogP contribution in [0.25, 0.3) is 6.08 Å². The maximum Gasteiger partial charge on any atom is 0.321 e. The molecular formula is C19H19ClF2N4O. The fraction of sp³-hybridized carbons (Fsp3) is 0.263. The number of pyridine rings is 1. The number of aromatic nitrogens is 1. The highest BCUT2D eigenvalue weighted by molar-refractivity contribution is 6.30. The van der Waals surface area contributed by atoms with Crippen LogP contribution in [0.5, 0.6) is 0 Å². The number of urea groups is 1. The lowest BCUT2D eigenvalue weighted by Crippen LogP contribution is -2.39. The van der Waals surface area contributed by atoms with E-state index in [4.69, 9.17) is 17.3 Å². The van der Waals surface area contributed by atoms with Crippen LogP contribution in [0.2, 0.25) is 5.02 Å². The Kier molecular flexibility index (Phi) is 6.03. The molecule has 1 saturated heterocycles. The highest BCUT2D eigenvalue weighted by atomic mass is 35.5. The molecule has 1 aromatic heterocycles. The van der Waals surface area contributed by atoms with E-state index in [1.807, 2.05) is 0 Å². The van der Waals surface area contributed by atoms with Gasteiger partial charge in [-0.15, -0.1) is 0 Å². The number of hydrogen-bond acceptors (Lipinski definition) is 3. The van der Waals surface area contributed by atoms with Crippen molar-refractivity contribution < 1.29 is 13.6 Å². The number of likely N-dealkylation sites (tertiary alicyclic amines) is 1. The third-order valence-electron chi connectivity index (χ3n) is 4.36. The molecule has 0 aliphatic carbocycles. The molecule has 8 heteroatoms. The highest BCUT2D eigenvalue weighted by Gasteiger charge is 2.20. The van der Waals surface area contributed by atoms with Crippen LogP contribution in [-0.4, -0.2) is 29.0 Å². The molecule has 0 atom stereocenters. The molecule has 1 fully saturated rings. The molecule has 2 heterocycles. The third kappa shape index (κ3) is 4.81. The Balaban J connectivity index is 1.62. The number of rotatable bonds is 3. The number of amides is 2. The molecule has 142 valence electrons. The van der Waals surface area contributed by atoms with E-state index in [1.165, 1.54) is 6.08 Å². The smallest absolute Gasteiger partial charge is 0.321 e. The van der Waals surface area contributed by atoms with Crippen LogP contribution in [0.15, 0.2) is 36.0 Å². The van der Waals surface area contributed by atoms with Gasteiger partial charge in [-0.1, -0.05) is 17.2 Å². The number of piperidine rings is 1. The SMILES string of the molecule is NCc1cc(NC(=O)N2CCC(=Cc3c(F)cc(Cl)cc3F)CC2)ccn1. The first-order valence-corrected chi connectivity index (χ1v) is 8.89. The van der Waals surface area contributed by atoms with Gasteiger partial charge in [-0.05, 0) is 43.2 Å². The number of nitrogens with zero attached hydrogens (tertiary/aromatic N) is 2. The third-order valence-corrected chi connectivity index (χ3v) is 4.58. The van der Waals surface area contributed by atoms with Gasteiger partial charge in [-0.2, -0.15) is 0 Å². The molecule has 1 aromatic carbocycles. The molecule has 27 heavy (non-hydrogen) atoms. The molecule has 0 bridgehead atoms. The van der Waals surface area contributed by atoms with Crippen molar-refractivity contribution in [3.05, 3.63) is 63.9 Å². The first-order chi connectivity index (χ1) is 13.0. The van der Waals surface area contributed by atoms with E-state index in [-0.39, 0.29) is 16.6 Å². The first kappa shape index (κ1) is 19.3. The van der Waals surface area contributed by atoms with Gasteiger partial charge >= 0.3 is 6.03 Å². The van der Waals surface area contributed by atoms with Crippen molar-refractivity contribution in [2.24, 2.45) is 5.73 Å². The van der Waals surface area contributed by atoms with Crippen molar-refractivity contribution in [2.45, 2.75) is 19.4 Å². The average molecular weight is 393 g/mol. The molecule has 0 unspecified atom stereocenters. The van der Waals surface area contributed by atoms with Crippen LogP contribution in [0.3, 0.4) is 0 Å². The summed E-state index contributed by atoms with van der Waals surface area (Å²) in [6, 6.07) is 5.36. The van der Waals surface area contributed by atoms with Crippen molar-refractivity contribution in [3.63, 3.8) is 0 Å². The zero-order chi connectivity index (χ0) is 19.4. The lowest BCUT2D eigenvalue weighted by atomic mass is 10.0. The number of anilines is 1. The molecule has 3 N–H and O–H groups in total. The number of hydrogen-bond donors (Lipinski definition) is 2. The number of benzene rings is 1. The topological polar surface area (TPSA) is 71.2 Å². The number of halogens is 3. The summed E-state index contributed by atoms with van der Waals surface area (Å²) in [4.78, 5) is 18.1. The zero-order valence-corrected chi connectivity index (χ0v) is 15.3. The van der Waals surface area contributed by atoms with Crippen LogP contribution in [-0.2, 0) is 6.54 Å². The Morgan fingerprint density at radius 3 is 2.56 bits per heavy atom. The van der Waals surface area contributed by atoms with Gasteiger partial charge in [0.2, 0.25) is 0 Å². The monoisotopic (exact) mass is 392 g/mol. The molecule has 0 saturated carbocycles. The minimum Gasteiger partial charge on any atom is -0.325 e. The quantitative estimate of drug-likeness (QED) is 0.823.